The van der Waals surface area contributed by atoms with Crippen LogP contribution in [0.4, 0.5) is 0 Å². The summed E-state index contributed by atoms with van der Waals surface area (Å²) in [4.78, 5) is 4.21. The van der Waals surface area contributed by atoms with Crippen LogP contribution in [0.5, 0.6) is 0 Å². The van der Waals surface area contributed by atoms with Gasteiger partial charge in [0.05, 0.1) is 10.9 Å². The number of halogens is 2. The van der Waals surface area contributed by atoms with Crippen molar-refractivity contribution in [3.05, 3.63) is 14.5 Å². The monoisotopic (exact) mass is 207 g/mol. The molecule has 0 saturated carbocycles. The second-order valence-electron chi connectivity index (χ2n) is 1.73. The summed E-state index contributed by atoms with van der Waals surface area (Å²) in [6.07, 6.45) is 0. The number of hydrogen-bond acceptors (Lipinski definition) is 4. The number of thiazole rings is 1. The molecule has 2 N–H and O–H groups in total. The molecule has 0 aliphatic rings. The molecule has 11 heavy (non-hydrogen) atoms. The lowest BCUT2D eigenvalue weighted by Crippen LogP contribution is -2.05. The lowest BCUT2D eigenvalue weighted by Gasteiger charge is -1.95. The van der Waals surface area contributed by atoms with Crippen LogP contribution in [0, 0.1) is 11.3 Å². The highest BCUT2D eigenvalue weighted by atomic mass is 35.5. The van der Waals surface area contributed by atoms with Crippen LogP contribution in [0.2, 0.25) is 9.62 Å². The lowest BCUT2D eigenvalue weighted by atomic mass is 10.3. The average molecular weight is 208 g/mol. The van der Waals surface area contributed by atoms with Crippen molar-refractivity contribution in [2.45, 2.75) is 6.04 Å². The standard InChI is InChI=1S/C5H3Cl2N3S/c6-4-3(2(9)1-8)11-5(7)10-4/h2H,9H2. The van der Waals surface area contributed by atoms with Gasteiger partial charge in [0.2, 0.25) is 0 Å². The molecule has 0 radical (unpaired) electrons. The van der Waals surface area contributed by atoms with Gasteiger partial charge in [0, 0.05) is 0 Å². The molecule has 0 fully saturated rings. The highest BCUT2D eigenvalue weighted by Crippen LogP contribution is 2.30. The van der Waals surface area contributed by atoms with Crippen molar-refractivity contribution in [2.75, 3.05) is 0 Å². The van der Waals surface area contributed by atoms with E-state index in [0.717, 1.165) is 11.3 Å². The Balaban J connectivity index is 3.05. The highest BCUT2D eigenvalue weighted by molar-refractivity contribution is 7.16. The Morgan fingerprint density at radius 3 is 2.64 bits per heavy atom. The summed E-state index contributed by atoms with van der Waals surface area (Å²) >= 11 is 12.2. The predicted octanol–water partition coefficient (Wildman–Crippen LogP) is 1.97. The normalized spacial score (nSPS) is 12.5. The summed E-state index contributed by atoms with van der Waals surface area (Å²) in [6, 6.07) is 1.11. The molecule has 0 aromatic carbocycles. The molecule has 1 atom stereocenters. The number of nitrogens with two attached hydrogens (primary N) is 1. The highest BCUT2D eigenvalue weighted by Gasteiger charge is 2.14. The Kier molecular flexibility index (Phi) is 2.68. The van der Waals surface area contributed by atoms with Gasteiger partial charge in [0.15, 0.2) is 4.47 Å². The minimum Gasteiger partial charge on any atom is -0.311 e. The smallest absolute Gasteiger partial charge is 0.185 e. The van der Waals surface area contributed by atoms with Gasteiger partial charge in [-0.1, -0.05) is 23.2 Å². The van der Waals surface area contributed by atoms with Crippen molar-refractivity contribution < 1.29 is 0 Å². The van der Waals surface area contributed by atoms with Gasteiger partial charge in [0.25, 0.3) is 0 Å². The Morgan fingerprint density at radius 2 is 2.27 bits per heavy atom. The number of aromatic nitrogens is 1. The van der Waals surface area contributed by atoms with Gasteiger partial charge in [0.1, 0.15) is 11.2 Å². The van der Waals surface area contributed by atoms with Crippen LogP contribution in [0.15, 0.2) is 0 Å². The van der Waals surface area contributed by atoms with Gasteiger partial charge >= 0.3 is 0 Å². The zero-order valence-corrected chi connectivity index (χ0v) is 7.54. The van der Waals surface area contributed by atoms with E-state index in [-0.39, 0.29) is 5.15 Å². The fourth-order valence-electron chi connectivity index (χ4n) is 0.538. The van der Waals surface area contributed by atoms with Crippen molar-refractivity contribution in [1.29, 1.82) is 5.26 Å². The van der Waals surface area contributed by atoms with Crippen molar-refractivity contribution in [1.82, 2.24) is 4.98 Å². The van der Waals surface area contributed by atoms with Crippen molar-refractivity contribution >= 4 is 34.5 Å². The SMILES string of the molecule is N#CC(N)c1sc(Cl)nc1Cl. The molecule has 0 spiro atoms. The van der Waals surface area contributed by atoms with E-state index in [4.69, 9.17) is 34.2 Å². The molecule has 58 valence electrons. The van der Waals surface area contributed by atoms with Gasteiger partial charge in [-0.3, -0.25) is 0 Å². The van der Waals surface area contributed by atoms with E-state index >= 15 is 0 Å². The van der Waals surface area contributed by atoms with E-state index in [0.29, 0.717) is 9.34 Å². The van der Waals surface area contributed by atoms with Crippen molar-refractivity contribution in [2.24, 2.45) is 5.73 Å². The van der Waals surface area contributed by atoms with E-state index in [2.05, 4.69) is 4.98 Å². The van der Waals surface area contributed by atoms with E-state index in [1.165, 1.54) is 0 Å². The maximum absolute atomic E-state index is 8.42. The first-order valence-corrected chi connectivity index (χ1v) is 4.19. The van der Waals surface area contributed by atoms with Crippen LogP contribution in [0.1, 0.15) is 10.9 Å². The quantitative estimate of drug-likeness (QED) is 0.767. The fourth-order valence-corrected chi connectivity index (χ4v) is 1.91. The Labute approximate surface area is 77.4 Å². The molecule has 0 saturated heterocycles. The number of nitriles is 1. The Bertz CT molecular complexity index is 303. The molecule has 6 heteroatoms. The molecule has 0 aliphatic carbocycles. The zero-order valence-electron chi connectivity index (χ0n) is 5.21. The first-order chi connectivity index (χ1) is 5.15. The van der Waals surface area contributed by atoms with Crippen LogP contribution in [-0.2, 0) is 0 Å². The van der Waals surface area contributed by atoms with Crippen LogP contribution in [-0.4, -0.2) is 4.98 Å². The lowest BCUT2D eigenvalue weighted by molar-refractivity contribution is 0.946. The molecule has 0 amide bonds. The fraction of sp³-hybridized carbons (Fsp3) is 0.200. The van der Waals surface area contributed by atoms with Crippen LogP contribution >= 0.6 is 34.5 Å². The topological polar surface area (TPSA) is 62.7 Å². The van der Waals surface area contributed by atoms with Gasteiger partial charge in [-0.15, -0.1) is 11.3 Å². The first kappa shape index (κ1) is 8.75. The summed E-state index contributed by atoms with van der Waals surface area (Å²) < 4.78 is 0.302. The second-order valence-corrected chi connectivity index (χ2v) is 3.70. The van der Waals surface area contributed by atoms with Crippen LogP contribution in [0.3, 0.4) is 0 Å². The Morgan fingerprint density at radius 1 is 1.64 bits per heavy atom. The molecule has 1 heterocycles. The zero-order chi connectivity index (χ0) is 8.43. The molecule has 1 unspecified atom stereocenters. The van der Waals surface area contributed by atoms with Gasteiger partial charge in [-0.05, 0) is 0 Å². The molecule has 1 rings (SSSR count). The van der Waals surface area contributed by atoms with Gasteiger partial charge < -0.3 is 5.73 Å². The van der Waals surface area contributed by atoms with Gasteiger partial charge in [-0.25, -0.2) is 4.98 Å². The minimum absolute atomic E-state index is 0.217. The molecule has 0 aliphatic heterocycles. The molecular weight excluding hydrogens is 205 g/mol. The summed E-state index contributed by atoms with van der Waals surface area (Å²) in [5.41, 5.74) is 5.37. The molecular formula is C5H3Cl2N3S. The van der Waals surface area contributed by atoms with E-state index < -0.39 is 6.04 Å². The number of nitrogens with zero attached hydrogens (tertiary/aromatic N) is 2. The maximum Gasteiger partial charge on any atom is 0.185 e. The van der Waals surface area contributed by atoms with Crippen LogP contribution in [0.25, 0.3) is 0 Å². The molecule has 1 aromatic heterocycles. The summed E-state index contributed by atoms with van der Waals surface area (Å²) in [7, 11) is 0. The maximum atomic E-state index is 8.42. The third kappa shape index (κ3) is 1.82. The van der Waals surface area contributed by atoms with Crippen molar-refractivity contribution in [3.63, 3.8) is 0 Å². The van der Waals surface area contributed by atoms with Crippen molar-refractivity contribution in [3.8, 4) is 6.07 Å². The summed E-state index contributed by atoms with van der Waals surface area (Å²) in [5.74, 6) is 0. The predicted molar refractivity (Wildman–Crippen MR) is 44.7 cm³/mol. The Hall–Kier alpha value is -0.340. The number of hydrogen-bond donors (Lipinski definition) is 1. The molecule has 1 aromatic rings. The minimum atomic E-state index is -0.729. The van der Waals surface area contributed by atoms with Gasteiger partial charge in [-0.2, -0.15) is 5.26 Å². The average Bonchev–Trinajstić information content (AvgIpc) is 2.28. The largest absolute Gasteiger partial charge is 0.311 e. The third-order valence-corrected chi connectivity index (χ3v) is 2.65. The van der Waals surface area contributed by atoms with E-state index in [1.54, 1.807) is 0 Å². The second kappa shape index (κ2) is 3.37. The molecule has 0 bridgehead atoms. The third-order valence-electron chi connectivity index (χ3n) is 1.01. The van der Waals surface area contributed by atoms with E-state index in [1.807, 2.05) is 6.07 Å². The van der Waals surface area contributed by atoms with Crippen LogP contribution < -0.4 is 5.73 Å². The number of rotatable bonds is 1. The summed E-state index contributed by atoms with van der Waals surface area (Å²) in [6.45, 7) is 0. The summed E-state index contributed by atoms with van der Waals surface area (Å²) in [5, 5.41) is 8.64. The molecule has 3 nitrogen and oxygen atoms in total. The first-order valence-electron chi connectivity index (χ1n) is 2.62. The van der Waals surface area contributed by atoms with E-state index in [9.17, 15) is 0 Å².